The van der Waals surface area contributed by atoms with Crippen LogP contribution in [0, 0.1) is 6.92 Å². The van der Waals surface area contributed by atoms with Crippen LogP contribution in [0.25, 0.3) is 10.9 Å². The second kappa shape index (κ2) is 7.71. The number of aromatic amines is 1. The zero-order valence-corrected chi connectivity index (χ0v) is 17.8. The molecule has 1 saturated carbocycles. The highest BCUT2D eigenvalue weighted by atomic mass is 16.1. The summed E-state index contributed by atoms with van der Waals surface area (Å²) in [6.07, 6.45) is 4.89. The van der Waals surface area contributed by atoms with Crippen LogP contribution in [-0.4, -0.2) is 31.2 Å². The lowest BCUT2D eigenvalue weighted by Crippen LogP contribution is -3.13. The Bertz CT molecular complexity index is 1060. The summed E-state index contributed by atoms with van der Waals surface area (Å²) < 4.78 is 1.91. The topological polar surface area (TPSA) is 80.9 Å². The highest BCUT2D eigenvalue weighted by Gasteiger charge is 2.30. The molecule has 2 N–H and O–H groups in total. The van der Waals surface area contributed by atoms with Crippen molar-refractivity contribution in [3.05, 3.63) is 51.6 Å². The number of nitrogens with zero attached hydrogens (tertiary/aromatic N) is 4. The number of hydrogen-bond donors (Lipinski definition) is 2. The van der Waals surface area contributed by atoms with E-state index in [1.165, 1.54) is 36.1 Å². The number of H-pyrrole nitrogens is 1. The molecule has 7 heteroatoms. The van der Waals surface area contributed by atoms with E-state index in [1.54, 1.807) is 0 Å². The number of tetrazole rings is 1. The average Bonchev–Trinajstić information content (AvgIpc) is 3.33. The fourth-order valence-corrected chi connectivity index (χ4v) is 4.47. The molecule has 29 heavy (non-hydrogen) atoms. The summed E-state index contributed by atoms with van der Waals surface area (Å²) >= 11 is 0. The third kappa shape index (κ3) is 4.24. The highest BCUT2D eigenvalue weighted by molar-refractivity contribution is 5.79. The molecule has 4 rings (SSSR count). The van der Waals surface area contributed by atoms with Gasteiger partial charge in [0.05, 0.1) is 17.1 Å². The van der Waals surface area contributed by atoms with E-state index in [0.29, 0.717) is 12.6 Å². The van der Waals surface area contributed by atoms with Crippen LogP contribution in [0.5, 0.6) is 0 Å². The minimum Gasteiger partial charge on any atom is -0.322 e. The summed E-state index contributed by atoms with van der Waals surface area (Å²) in [7, 11) is 0. The molecule has 7 nitrogen and oxygen atoms in total. The molecule has 1 aliphatic rings. The smallest absolute Gasteiger partial charge is 0.257 e. The van der Waals surface area contributed by atoms with E-state index in [-0.39, 0.29) is 11.1 Å². The van der Waals surface area contributed by atoms with Crippen molar-refractivity contribution in [2.24, 2.45) is 0 Å². The number of aryl methyl sites for hydroxylation is 1. The Hall–Kier alpha value is -2.54. The molecule has 1 aromatic carbocycles. The van der Waals surface area contributed by atoms with Crippen molar-refractivity contribution in [3.63, 3.8) is 0 Å². The van der Waals surface area contributed by atoms with Crippen LogP contribution in [0.15, 0.2) is 29.1 Å². The lowest BCUT2D eigenvalue weighted by Gasteiger charge is -2.27. The number of benzene rings is 1. The first kappa shape index (κ1) is 19.8. The first-order valence-corrected chi connectivity index (χ1v) is 10.6. The van der Waals surface area contributed by atoms with Crippen LogP contribution in [0.3, 0.4) is 0 Å². The van der Waals surface area contributed by atoms with E-state index in [0.717, 1.165) is 28.8 Å². The molecule has 2 aromatic heterocycles. The molecule has 0 amide bonds. The quantitative estimate of drug-likeness (QED) is 0.693. The maximum atomic E-state index is 12.8. The largest absolute Gasteiger partial charge is 0.322 e. The molecule has 0 saturated heterocycles. The molecule has 0 radical (unpaired) electrons. The molecule has 1 unspecified atom stereocenters. The Morgan fingerprint density at radius 3 is 2.66 bits per heavy atom. The van der Waals surface area contributed by atoms with E-state index in [1.807, 2.05) is 16.8 Å². The SMILES string of the molecule is Cc1ccc2[nH]c(=O)c(C[NH+](Cc3nnnn3C(C)(C)C)C3CCCC3)cc2c1. The second-order valence-corrected chi connectivity index (χ2v) is 9.39. The number of aromatic nitrogens is 5. The first-order valence-electron chi connectivity index (χ1n) is 10.6. The summed E-state index contributed by atoms with van der Waals surface area (Å²) in [5, 5.41) is 13.5. The third-order valence-electron chi connectivity index (χ3n) is 5.98. The molecule has 1 atom stereocenters. The minimum atomic E-state index is -0.169. The van der Waals surface area contributed by atoms with E-state index in [9.17, 15) is 4.79 Å². The third-order valence-corrected chi connectivity index (χ3v) is 5.98. The van der Waals surface area contributed by atoms with Crippen molar-refractivity contribution in [2.75, 3.05) is 0 Å². The number of fused-ring (bicyclic) bond motifs is 1. The fourth-order valence-electron chi connectivity index (χ4n) is 4.47. The van der Waals surface area contributed by atoms with Crippen LogP contribution in [-0.2, 0) is 18.6 Å². The van der Waals surface area contributed by atoms with E-state index < -0.39 is 0 Å². The lowest BCUT2D eigenvalue weighted by molar-refractivity contribution is -0.952. The second-order valence-electron chi connectivity index (χ2n) is 9.39. The summed E-state index contributed by atoms with van der Waals surface area (Å²) in [5.74, 6) is 0.882. The number of nitrogens with one attached hydrogen (secondary N) is 2. The van der Waals surface area contributed by atoms with E-state index >= 15 is 0 Å². The zero-order chi connectivity index (χ0) is 20.6. The maximum absolute atomic E-state index is 12.8. The lowest BCUT2D eigenvalue weighted by atomic mass is 10.1. The molecule has 1 aliphatic carbocycles. The molecule has 0 spiro atoms. The fraction of sp³-hybridized carbons (Fsp3) is 0.545. The predicted octanol–water partition coefficient (Wildman–Crippen LogP) is 2.11. The summed E-state index contributed by atoms with van der Waals surface area (Å²) in [6, 6.07) is 8.73. The van der Waals surface area contributed by atoms with Gasteiger partial charge in [-0.3, -0.25) is 4.79 Å². The van der Waals surface area contributed by atoms with Gasteiger partial charge in [0.25, 0.3) is 5.56 Å². The zero-order valence-electron chi connectivity index (χ0n) is 17.8. The summed E-state index contributed by atoms with van der Waals surface area (Å²) in [6.45, 7) is 9.81. The van der Waals surface area contributed by atoms with Gasteiger partial charge in [0.2, 0.25) is 5.82 Å². The highest BCUT2D eigenvalue weighted by Crippen LogP contribution is 2.18. The Balaban J connectivity index is 1.67. The van der Waals surface area contributed by atoms with Gasteiger partial charge in [-0.25, -0.2) is 4.68 Å². The van der Waals surface area contributed by atoms with Gasteiger partial charge in [0.1, 0.15) is 13.1 Å². The number of hydrogen-bond acceptors (Lipinski definition) is 4. The van der Waals surface area contributed by atoms with Gasteiger partial charge in [-0.2, -0.15) is 0 Å². The van der Waals surface area contributed by atoms with Crippen molar-refractivity contribution in [1.29, 1.82) is 0 Å². The summed E-state index contributed by atoms with van der Waals surface area (Å²) in [4.78, 5) is 17.2. The standard InChI is InChI=1S/C22H30N6O/c1-15-9-10-19-16(11-15)12-17(21(29)23-19)13-27(18-7-5-6-8-18)14-20-24-25-26-28(20)22(2,3)4/h9-12,18H,5-8,13-14H2,1-4H3,(H,23,29)/p+1. The van der Waals surface area contributed by atoms with Crippen molar-refractivity contribution in [2.45, 2.75) is 78.0 Å². The number of rotatable bonds is 5. The van der Waals surface area contributed by atoms with Crippen LogP contribution in [0.2, 0.25) is 0 Å². The molecule has 1 fully saturated rings. The van der Waals surface area contributed by atoms with Gasteiger partial charge in [-0.1, -0.05) is 11.6 Å². The van der Waals surface area contributed by atoms with Gasteiger partial charge in [-0.15, -0.1) is 5.10 Å². The van der Waals surface area contributed by atoms with Crippen molar-refractivity contribution in [1.82, 2.24) is 25.2 Å². The molecule has 0 bridgehead atoms. The Kier molecular flexibility index (Phi) is 5.25. The normalized spacial score (nSPS) is 16.6. The maximum Gasteiger partial charge on any atom is 0.257 e. The van der Waals surface area contributed by atoms with Crippen LogP contribution < -0.4 is 10.5 Å². The van der Waals surface area contributed by atoms with Gasteiger partial charge in [0, 0.05) is 5.52 Å². The molecule has 0 aliphatic heterocycles. The summed E-state index contributed by atoms with van der Waals surface area (Å²) in [5.41, 5.74) is 2.76. The first-order chi connectivity index (χ1) is 13.8. The average molecular weight is 396 g/mol. The monoisotopic (exact) mass is 395 g/mol. The van der Waals surface area contributed by atoms with Gasteiger partial charge in [0.15, 0.2) is 0 Å². The Labute approximate surface area is 171 Å². The van der Waals surface area contributed by atoms with E-state index in [2.05, 4.69) is 60.3 Å². The van der Waals surface area contributed by atoms with Crippen molar-refractivity contribution < 1.29 is 4.90 Å². The molecule has 154 valence electrons. The number of quaternary nitrogens is 1. The molecule has 2 heterocycles. The van der Waals surface area contributed by atoms with Crippen LogP contribution in [0.1, 0.15) is 63.4 Å². The molecular weight excluding hydrogens is 364 g/mol. The van der Waals surface area contributed by atoms with E-state index in [4.69, 9.17) is 0 Å². The van der Waals surface area contributed by atoms with Crippen LogP contribution >= 0.6 is 0 Å². The van der Waals surface area contributed by atoms with Gasteiger partial charge >= 0.3 is 0 Å². The van der Waals surface area contributed by atoms with Gasteiger partial charge < -0.3 is 9.88 Å². The van der Waals surface area contributed by atoms with Crippen molar-refractivity contribution >= 4 is 10.9 Å². The van der Waals surface area contributed by atoms with Gasteiger partial charge in [-0.05, 0) is 87.4 Å². The predicted molar refractivity (Wildman–Crippen MR) is 113 cm³/mol. The number of pyridine rings is 1. The molecular formula is C22H31N6O+. The van der Waals surface area contributed by atoms with Crippen LogP contribution in [0.4, 0.5) is 0 Å². The van der Waals surface area contributed by atoms with Crippen molar-refractivity contribution in [3.8, 4) is 0 Å². The minimum absolute atomic E-state index is 0.00673. The Morgan fingerprint density at radius 2 is 1.93 bits per heavy atom. The Morgan fingerprint density at radius 1 is 1.17 bits per heavy atom. The molecule has 3 aromatic rings.